The van der Waals surface area contributed by atoms with Crippen molar-refractivity contribution in [3.63, 3.8) is 0 Å². The molecule has 0 aliphatic carbocycles. The molecule has 1 aliphatic rings. The number of carbonyl (C=O) groups excluding carboxylic acids is 2. The van der Waals surface area contributed by atoms with Crippen molar-refractivity contribution in [1.82, 2.24) is 0 Å². The lowest BCUT2D eigenvalue weighted by molar-refractivity contribution is -0.135. The van der Waals surface area contributed by atoms with E-state index >= 15 is 0 Å². The van der Waals surface area contributed by atoms with Gasteiger partial charge in [0.1, 0.15) is 0 Å². The molecule has 3 rings (SSSR count). The summed E-state index contributed by atoms with van der Waals surface area (Å²) in [6.45, 7) is 2.50. The van der Waals surface area contributed by atoms with Gasteiger partial charge in [-0.25, -0.2) is 0 Å². The second-order valence-corrected chi connectivity index (χ2v) is 8.00. The third kappa shape index (κ3) is 2.75. The van der Waals surface area contributed by atoms with Crippen molar-refractivity contribution in [2.24, 2.45) is 0 Å². The third-order valence-corrected chi connectivity index (χ3v) is 5.62. The zero-order valence-electron chi connectivity index (χ0n) is 12.6. The topological polar surface area (TPSA) is 57.6 Å². The Labute approximate surface area is 146 Å². The second kappa shape index (κ2) is 6.19. The summed E-state index contributed by atoms with van der Waals surface area (Å²) < 4.78 is 0.846. The van der Waals surface area contributed by atoms with E-state index in [0.717, 1.165) is 10.2 Å². The van der Waals surface area contributed by atoms with Gasteiger partial charge in [-0.05, 0) is 40.5 Å². The Hall–Kier alpha value is -1.50. The van der Waals surface area contributed by atoms with E-state index in [1.54, 1.807) is 29.2 Å². The molecule has 0 radical (unpaired) electrons. The Kier molecular flexibility index (Phi) is 4.40. The van der Waals surface area contributed by atoms with Crippen LogP contribution in [-0.4, -0.2) is 23.3 Å². The minimum atomic E-state index is -1.78. The van der Waals surface area contributed by atoms with Gasteiger partial charge in [0.25, 0.3) is 5.91 Å². The van der Waals surface area contributed by atoms with E-state index in [2.05, 4.69) is 15.9 Å². The fourth-order valence-electron chi connectivity index (χ4n) is 2.91. The molecule has 1 aromatic carbocycles. The second-order valence-electron chi connectivity index (χ2n) is 5.54. The van der Waals surface area contributed by atoms with Crippen molar-refractivity contribution in [2.45, 2.75) is 25.4 Å². The number of hydrogen-bond acceptors (Lipinski definition) is 4. The van der Waals surface area contributed by atoms with Crippen LogP contribution in [0.15, 0.2) is 40.2 Å². The van der Waals surface area contributed by atoms with Crippen molar-refractivity contribution < 1.29 is 14.7 Å². The summed E-state index contributed by atoms with van der Waals surface area (Å²) in [5.41, 5.74) is -0.566. The highest BCUT2D eigenvalue weighted by Gasteiger charge is 2.50. The normalized spacial score (nSPS) is 20.0. The summed E-state index contributed by atoms with van der Waals surface area (Å²) in [6.07, 6.45) is 0.540. The van der Waals surface area contributed by atoms with Crippen LogP contribution in [0.2, 0.25) is 0 Å². The molecule has 1 N–H and O–H groups in total. The molecule has 0 saturated heterocycles. The monoisotopic (exact) mass is 393 g/mol. The van der Waals surface area contributed by atoms with Crippen molar-refractivity contribution >= 4 is 44.6 Å². The van der Waals surface area contributed by atoms with E-state index in [9.17, 15) is 14.7 Å². The maximum atomic E-state index is 12.8. The number of amides is 1. The average molecular weight is 394 g/mol. The van der Waals surface area contributed by atoms with Crippen LogP contribution in [0.4, 0.5) is 5.69 Å². The molecule has 0 fully saturated rings. The Morgan fingerprint density at radius 3 is 2.70 bits per heavy atom. The molecule has 0 saturated carbocycles. The molecule has 0 spiro atoms. The third-order valence-electron chi connectivity index (χ3n) is 3.95. The lowest BCUT2D eigenvalue weighted by Gasteiger charge is -2.22. The number of ketones is 1. The van der Waals surface area contributed by atoms with Gasteiger partial charge >= 0.3 is 0 Å². The van der Waals surface area contributed by atoms with Crippen LogP contribution in [0.3, 0.4) is 0 Å². The number of halogens is 1. The lowest BCUT2D eigenvalue weighted by atomic mass is 9.89. The van der Waals surface area contributed by atoms with E-state index in [-0.39, 0.29) is 12.2 Å². The van der Waals surface area contributed by atoms with Gasteiger partial charge in [-0.3, -0.25) is 9.59 Å². The molecule has 1 atom stereocenters. The van der Waals surface area contributed by atoms with E-state index in [4.69, 9.17) is 0 Å². The van der Waals surface area contributed by atoms with Crippen molar-refractivity contribution in [2.75, 3.05) is 11.4 Å². The van der Waals surface area contributed by atoms with Crippen molar-refractivity contribution in [1.29, 1.82) is 0 Å². The van der Waals surface area contributed by atoms with E-state index in [1.807, 2.05) is 19.1 Å². The first-order valence-electron chi connectivity index (χ1n) is 7.39. The molecule has 23 heavy (non-hydrogen) atoms. The molecule has 2 heterocycles. The van der Waals surface area contributed by atoms with Crippen LogP contribution in [0, 0.1) is 0 Å². The van der Waals surface area contributed by atoms with E-state index < -0.39 is 11.5 Å². The molecule has 1 amide bonds. The number of rotatable bonds is 5. The van der Waals surface area contributed by atoms with Gasteiger partial charge in [-0.2, -0.15) is 0 Å². The van der Waals surface area contributed by atoms with Crippen LogP contribution in [0.1, 0.15) is 35.0 Å². The lowest BCUT2D eigenvalue weighted by Crippen LogP contribution is -2.42. The van der Waals surface area contributed by atoms with Crippen molar-refractivity contribution in [3.8, 4) is 0 Å². The van der Waals surface area contributed by atoms with Crippen molar-refractivity contribution in [3.05, 3.63) is 50.6 Å². The standard InChI is InChI=1S/C17H16BrNO3S/c1-2-9-19-12-6-4-3-5-11(12)17(22,16(19)21)10-13(20)14-7-8-15(18)23-14/h3-8,22H,2,9-10H2,1H3/t17-/m0/s1. The number of benzene rings is 1. The number of para-hydroxylation sites is 1. The highest BCUT2D eigenvalue weighted by Crippen LogP contribution is 2.43. The molecule has 0 bridgehead atoms. The molecule has 2 aromatic rings. The van der Waals surface area contributed by atoms with Crippen LogP contribution >= 0.6 is 27.3 Å². The molecular formula is C17H16BrNO3S. The first-order valence-corrected chi connectivity index (χ1v) is 9.00. The number of thiophene rings is 1. The largest absolute Gasteiger partial charge is 0.375 e. The average Bonchev–Trinajstić information content (AvgIpc) is 3.05. The highest BCUT2D eigenvalue weighted by atomic mass is 79.9. The van der Waals surface area contributed by atoms with Crippen LogP contribution in [-0.2, 0) is 10.4 Å². The van der Waals surface area contributed by atoms with Gasteiger partial charge in [-0.1, -0.05) is 25.1 Å². The number of Topliss-reactive ketones (excluding diaryl/α,β-unsaturated/α-hetero) is 1. The Morgan fingerprint density at radius 2 is 2.04 bits per heavy atom. The Balaban J connectivity index is 1.97. The highest BCUT2D eigenvalue weighted by molar-refractivity contribution is 9.11. The minimum absolute atomic E-state index is 0.232. The smallest absolute Gasteiger partial charge is 0.264 e. The van der Waals surface area contributed by atoms with Crippen LogP contribution < -0.4 is 4.90 Å². The maximum absolute atomic E-state index is 12.8. The number of anilines is 1. The van der Waals surface area contributed by atoms with Gasteiger partial charge in [0.2, 0.25) is 0 Å². The summed E-state index contributed by atoms with van der Waals surface area (Å²) in [6, 6.07) is 10.6. The predicted molar refractivity (Wildman–Crippen MR) is 93.9 cm³/mol. The summed E-state index contributed by atoms with van der Waals surface area (Å²) in [5.74, 6) is -0.644. The predicted octanol–water partition coefficient (Wildman–Crippen LogP) is 3.73. The molecular weight excluding hydrogens is 378 g/mol. The SMILES string of the molecule is CCCN1C(=O)[C@](O)(CC(=O)c2ccc(Br)s2)c2ccccc21. The molecule has 0 unspecified atom stereocenters. The fourth-order valence-corrected chi connectivity index (χ4v) is 4.23. The zero-order chi connectivity index (χ0) is 16.6. The maximum Gasteiger partial charge on any atom is 0.264 e. The van der Waals surface area contributed by atoms with E-state index in [0.29, 0.717) is 22.7 Å². The first kappa shape index (κ1) is 16.4. The van der Waals surface area contributed by atoms with Gasteiger partial charge in [0.05, 0.1) is 20.8 Å². The van der Waals surface area contributed by atoms with Gasteiger partial charge < -0.3 is 10.0 Å². The van der Waals surface area contributed by atoms with Gasteiger partial charge in [-0.15, -0.1) is 11.3 Å². The molecule has 120 valence electrons. The van der Waals surface area contributed by atoms with Gasteiger partial charge in [0, 0.05) is 12.1 Å². The van der Waals surface area contributed by atoms with E-state index in [1.165, 1.54) is 11.3 Å². The zero-order valence-corrected chi connectivity index (χ0v) is 15.0. The number of hydrogen-bond donors (Lipinski definition) is 1. The summed E-state index contributed by atoms with van der Waals surface area (Å²) in [7, 11) is 0. The van der Waals surface area contributed by atoms with Crippen LogP contribution in [0.25, 0.3) is 0 Å². The Morgan fingerprint density at radius 1 is 1.30 bits per heavy atom. The fraction of sp³-hybridized carbons (Fsp3) is 0.294. The summed E-state index contributed by atoms with van der Waals surface area (Å²) in [5, 5.41) is 11.0. The first-order chi connectivity index (χ1) is 11.0. The quantitative estimate of drug-likeness (QED) is 0.787. The number of nitrogens with zero attached hydrogens (tertiary/aromatic N) is 1. The number of fused-ring (bicyclic) bond motifs is 1. The summed E-state index contributed by atoms with van der Waals surface area (Å²) in [4.78, 5) is 27.4. The number of carbonyl (C=O) groups is 2. The molecule has 1 aromatic heterocycles. The van der Waals surface area contributed by atoms with Gasteiger partial charge in [0.15, 0.2) is 11.4 Å². The Bertz CT molecular complexity index is 773. The number of aliphatic hydroxyl groups is 1. The molecule has 1 aliphatic heterocycles. The molecule has 6 heteroatoms. The van der Waals surface area contributed by atoms with Crippen LogP contribution in [0.5, 0.6) is 0 Å². The summed E-state index contributed by atoms with van der Waals surface area (Å²) >= 11 is 4.63. The minimum Gasteiger partial charge on any atom is -0.375 e. The molecule has 4 nitrogen and oxygen atoms in total.